The zero-order valence-corrected chi connectivity index (χ0v) is 17.0. The summed E-state index contributed by atoms with van der Waals surface area (Å²) in [5.41, 5.74) is 8.71. The fourth-order valence-electron chi connectivity index (χ4n) is 3.80. The number of carbonyl (C=O) groups excluding carboxylic acids is 1. The van der Waals surface area contributed by atoms with Gasteiger partial charge in [0.15, 0.2) is 0 Å². The lowest BCUT2D eigenvalue weighted by Crippen LogP contribution is -2.18. The maximum absolute atomic E-state index is 13.1. The van der Waals surface area contributed by atoms with E-state index in [1.807, 2.05) is 91.9 Å². The molecular weight excluding hydrogens is 384 g/mol. The Balaban J connectivity index is 1.49. The molecule has 2 heterocycles. The summed E-state index contributed by atoms with van der Waals surface area (Å²) >= 11 is 0. The number of rotatable bonds is 4. The minimum Gasteiger partial charge on any atom is -0.358 e. The molecule has 5 nitrogen and oxygen atoms in total. The Morgan fingerprint density at radius 3 is 2.48 bits per heavy atom. The average molecular weight is 404 g/mol. The van der Waals surface area contributed by atoms with Crippen molar-refractivity contribution in [1.29, 1.82) is 0 Å². The quantitative estimate of drug-likeness (QED) is 0.309. The number of aromatic amines is 1. The van der Waals surface area contributed by atoms with Crippen LogP contribution in [0.5, 0.6) is 0 Å². The molecule has 0 aliphatic carbocycles. The second kappa shape index (κ2) is 7.88. The van der Waals surface area contributed by atoms with Gasteiger partial charge < -0.3 is 4.98 Å². The van der Waals surface area contributed by atoms with E-state index in [0.717, 1.165) is 44.3 Å². The van der Waals surface area contributed by atoms with E-state index in [1.165, 1.54) is 0 Å². The van der Waals surface area contributed by atoms with Gasteiger partial charge in [-0.25, -0.2) is 10.4 Å². The molecule has 0 atom stereocenters. The standard InChI is InChI=1S/C26H20N4O/c1-17-22(20-12-6-7-13-23(20)28-17)16-27-30-26(31)21-15-25(18-9-3-2-4-10-18)29-24-14-8-5-11-19(21)24/h2-16,28H,1H3,(H,30,31)/b27-16+. The van der Waals surface area contributed by atoms with Gasteiger partial charge in [-0.05, 0) is 25.1 Å². The average Bonchev–Trinajstić information content (AvgIpc) is 3.14. The van der Waals surface area contributed by atoms with Gasteiger partial charge in [-0.1, -0.05) is 66.7 Å². The van der Waals surface area contributed by atoms with E-state index in [9.17, 15) is 4.79 Å². The second-order valence-corrected chi connectivity index (χ2v) is 7.35. The lowest BCUT2D eigenvalue weighted by atomic mass is 10.0. The number of hydrogen-bond donors (Lipinski definition) is 2. The van der Waals surface area contributed by atoms with Crippen molar-refractivity contribution in [1.82, 2.24) is 15.4 Å². The van der Waals surface area contributed by atoms with Gasteiger partial charge in [0.25, 0.3) is 5.91 Å². The lowest BCUT2D eigenvalue weighted by Gasteiger charge is -2.09. The van der Waals surface area contributed by atoms with Gasteiger partial charge >= 0.3 is 0 Å². The minimum atomic E-state index is -0.274. The largest absolute Gasteiger partial charge is 0.358 e. The Bertz CT molecular complexity index is 1430. The molecule has 5 heteroatoms. The summed E-state index contributed by atoms with van der Waals surface area (Å²) in [7, 11) is 0. The van der Waals surface area contributed by atoms with Crippen molar-refractivity contribution < 1.29 is 4.79 Å². The highest BCUT2D eigenvalue weighted by Crippen LogP contribution is 2.25. The van der Waals surface area contributed by atoms with Crippen molar-refractivity contribution in [2.75, 3.05) is 0 Å². The fraction of sp³-hybridized carbons (Fsp3) is 0.0385. The van der Waals surface area contributed by atoms with E-state index in [4.69, 9.17) is 4.98 Å². The van der Waals surface area contributed by atoms with E-state index in [2.05, 4.69) is 15.5 Å². The van der Waals surface area contributed by atoms with Crippen molar-refractivity contribution >= 4 is 33.9 Å². The molecule has 3 aromatic carbocycles. The molecule has 0 aliphatic rings. The Morgan fingerprint density at radius 1 is 0.935 bits per heavy atom. The van der Waals surface area contributed by atoms with Crippen LogP contribution < -0.4 is 5.43 Å². The maximum Gasteiger partial charge on any atom is 0.272 e. The molecule has 0 spiro atoms. The number of pyridine rings is 1. The summed E-state index contributed by atoms with van der Waals surface area (Å²) in [4.78, 5) is 21.1. The Morgan fingerprint density at radius 2 is 1.65 bits per heavy atom. The van der Waals surface area contributed by atoms with Gasteiger partial charge in [-0.15, -0.1) is 0 Å². The van der Waals surface area contributed by atoms with E-state index in [0.29, 0.717) is 5.56 Å². The first kappa shape index (κ1) is 18.8. The lowest BCUT2D eigenvalue weighted by molar-refractivity contribution is 0.0956. The number of fused-ring (bicyclic) bond motifs is 2. The van der Waals surface area contributed by atoms with Crippen molar-refractivity contribution in [3.63, 3.8) is 0 Å². The molecule has 0 radical (unpaired) electrons. The van der Waals surface area contributed by atoms with Crippen molar-refractivity contribution in [3.05, 3.63) is 102 Å². The molecule has 0 saturated heterocycles. The Kier molecular flexibility index (Phi) is 4.77. The van der Waals surface area contributed by atoms with Crippen LogP contribution in [0.15, 0.2) is 90.0 Å². The third kappa shape index (κ3) is 3.57. The molecule has 0 aliphatic heterocycles. The van der Waals surface area contributed by atoms with Gasteiger partial charge in [0.2, 0.25) is 0 Å². The highest BCUT2D eigenvalue weighted by molar-refractivity contribution is 6.08. The van der Waals surface area contributed by atoms with Gasteiger partial charge in [0, 0.05) is 33.1 Å². The van der Waals surface area contributed by atoms with Gasteiger partial charge in [0.05, 0.1) is 23.0 Å². The number of amides is 1. The molecule has 0 bridgehead atoms. The van der Waals surface area contributed by atoms with Crippen molar-refractivity contribution in [3.8, 4) is 11.3 Å². The SMILES string of the molecule is Cc1[nH]c2ccccc2c1/C=N/NC(=O)c1cc(-c2ccccc2)nc2ccccc12. The van der Waals surface area contributed by atoms with Gasteiger partial charge in [-0.3, -0.25) is 4.79 Å². The first-order valence-electron chi connectivity index (χ1n) is 10.1. The number of H-pyrrole nitrogens is 1. The monoisotopic (exact) mass is 404 g/mol. The summed E-state index contributed by atoms with van der Waals surface area (Å²) in [5, 5.41) is 6.10. The summed E-state index contributed by atoms with van der Waals surface area (Å²) in [6.45, 7) is 1.99. The molecule has 5 rings (SSSR count). The third-order valence-electron chi connectivity index (χ3n) is 5.33. The highest BCUT2D eigenvalue weighted by Gasteiger charge is 2.13. The molecule has 31 heavy (non-hydrogen) atoms. The molecule has 1 amide bonds. The predicted octanol–water partition coefficient (Wildman–Crippen LogP) is 5.46. The van der Waals surface area contributed by atoms with Crippen molar-refractivity contribution in [2.24, 2.45) is 5.10 Å². The summed E-state index contributed by atoms with van der Waals surface area (Å²) in [6.07, 6.45) is 1.69. The minimum absolute atomic E-state index is 0.274. The number of carbonyl (C=O) groups is 1. The first-order valence-corrected chi connectivity index (χ1v) is 10.1. The number of hydrazone groups is 1. The summed E-state index contributed by atoms with van der Waals surface area (Å²) in [6, 6.07) is 27.3. The zero-order chi connectivity index (χ0) is 21.2. The van der Waals surface area contributed by atoms with Crippen LogP contribution in [0.3, 0.4) is 0 Å². The molecule has 2 aromatic heterocycles. The maximum atomic E-state index is 13.1. The van der Waals surface area contributed by atoms with E-state index in [1.54, 1.807) is 6.21 Å². The highest BCUT2D eigenvalue weighted by atomic mass is 16.2. The van der Waals surface area contributed by atoms with Gasteiger partial charge in [0.1, 0.15) is 0 Å². The zero-order valence-electron chi connectivity index (χ0n) is 17.0. The smallest absolute Gasteiger partial charge is 0.272 e. The fourth-order valence-corrected chi connectivity index (χ4v) is 3.80. The van der Waals surface area contributed by atoms with Crippen LogP contribution >= 0.6 is 0 Å². The number of benzene rings is 3. The second-order valence-electron chi connectivity index (χ2n) is 7.35. The molecule has 0 fully saturated rings. The summed E-state index contributed by atoms with van der Waals surface area (Å²) < 4.78 is 0. The van der Waals surface area contributed by atoms with Crippen LogP contribution in [0.1, 0.15) is 21.6 Å². The number of para-hydroxylation sites is 2. The number of aromatic nitrogens is 2. The molecule has 2 N–H and O–H groups in total. The number of hydrogen-bond acceptors (Lipinski definition) is 3. The van der Waals surface area contributed by atoms with Crippen LogP contribution in [0.25, 0.3) is 33.1 Å². The van der Waals surface area contributed by atoms with E-state index in [-0.39, 0.29) is 5.91 Å². The number of aryl methyl sites for hydroxylation is 1. The molecule has 150 valence electrons. The summed E-state index contributed by atoms with van der Waals surface area (Å²) in [5.74, 6) is -0.274. The van der Waals surface area contributed by atoms with Crippen LogP contribution in [0.2, 0.25) is 0 Å². The molecule has 5 aromatic rings. The molecule has 0 saturated carbocycles. The number of nitrogens with one attached hydrogen (secondary N) is 2. The van der Waals surface area contributed by atoms with Crippen LogP contribution in [0, 0.1) is 6.92 Å². The molecule has 0 unspecified atom stereocenters. The van der Waals surface area contributed by atoms with Crippen LogP contribution in [0.4, 0.5) is 0 Å². The Hall–Kier alpha value is -4.25. The number of nitrogens with zero attached hydrogens (tertiary/aromatic N) is 2. The van der Waals surface area contributed by atoms with Crippen LogP contribution in [-0.2, 0) is 0 Å². The topological polar surface area (TPSA) is 70.1 Å². The Labute approximate surface area is 179 Å². The van der Waals surface area contributed by atoms with Crippen LogP contribution in [-0.4, -0.2) is 22.1 Å². The van der Waals surface area contributed by atoms with E-state index >= 15 is 0 Å². The van der Waals surface area contributed by atoms with Crippen molar-refractivity contribution in [2.45, 2.75) is 6.92 Å². The van der Waals surface area contributed by atoms with Gasteiger partial charge in [-0.2, -0.15) is 5.10 Å². The predicted molar refractivity (Wildman–Crippen MR) is 125 cm³/mol. The molecular formula is C26H20N4O. The van der Waals surface area contributed by atoms with E-state index < -0.39 is 0 Å². The first-order chi connectivity index (χ1) is 15.2. The third-order valence-corrected chi connectivity index (χ3v) is 5.33. The normalized spacial score (nSPS) is 11.4.